The van der Waals surface area contributed by atoms with Crippen molar-refractivity contribution in [1.82, 2.24) is 0 Å². The van der Waals surface area contributed by atoms with E-state index in [4.69, 9.17) is 5.73 Å². The minimum atomic E-state index is -0.0344. The third-order valence-corrected chi connectivity index (χ3v) is 3.22. The molecule has 0 saturated carbocycles. The molecule has 1 unspecified atom stereocenters. The van der Waals surface area contributed by atoms with Crippen LogP contribution < -0.4 is 5.73 Å². The summed E-state index contributed by atoms with van der Waals surface area (Å²) in [6.07, 6.45) is 0.903. The van der Waals surface area contributed by atoms with Gasteiger partial charge in [-0.2, -0.15) is 0 Å². The first-order valence-corrected chi connectivity index (χ1v) is 6.31. The normalized spacial score (nSPS) is 13.8. The molecule has 0 spiro atoms. The van der Waals surface area contributed by atoms with E-state index in [0.29, 0.717) is 18.2 Å². The predicted octanol–water partition coefficient (Wildman–Crippen LogP) is 3.45. The third-order valence-electron chi connectivity index (χ3n) is 3.22. The zero-order valence-electron chi connectivity index (χ0n) is 11.7. The number of nitrogens with two attached hydrogens (primary N) is 1. The summed E-state index contributed by atoms with van der Waals surface area (Å²) in [6, 6.07) is 4.15. The molecule has 1 aromatic carbocycles. The maximum atomic E-state index is 10.4. The lowest BCUT2D eigenvalue weighted by molar-refractivity contribution is 0.434. The summed E-state index contributed by atoms with van der Waals surface area (Å²) in [5.74, 6) is 0.755. The Morgan fingerprint density at radius 1 is 1.29 bits per heavy atom. The van der Waals surface area contributed by atoms with Crippen LogP contribution in [0.5, 0.6) is 5.75 Å². The Balaban J connectivity index is 3.28. The second kappa shape index (κ2) is 5.09. The van der Waals surface area contributed by atoms with E-state index in [-0.39, 0.29) is 5.41 Å². The van der Waals surface area contributed by atoms with Gasteiger partial charge in [-0.05, 0) is 42.3 Å². The van der Waals surface area contributed by atoms with Gasteiger partial charge in [-0.1, -0.05) is 45.4 Å². The Kier molecular flexibility index (Phi) is 4.21. The standard InChI is InChI=1S/C15H25NO/c1-10-8-12(11(2)6-7-16)14(17)13(9-10)15(3,4)5/h8-9,11,17H,6-7,16H2,1-5H3. The van der Waals surface area contributed by atoms with E-state index in [1.54, 1.807) is 0 Å². The van der Waals surface area contributed by atoms with Crippen molar-refractivity contribution in [2.45, 2.75) is 52.4 Å². The van der Waals surface area contributed by atoms with E-state index in [1.165, 1.54) is 5.56 Å². The van der Waals surface area contributed by atoms with Gasteiger partial charge in [-0.25, -0.2) is 0 Å². The fraction of sp³-hybridized carbons (Fsp3) is 0.600. The first-order chi connectivity index (χ1) is 7.77. The van der Waals surface area contributed by atoms with E-state index >= 15 is 0 Å². The topological polar surface area (TPSA) is 46.2 Å². The van der Waals surface area contributed by atoms with Crippen molar-refractivity contribution >= 4 is 0 Å². The minimum Gasteiger partial charge on any atom is -0.507 e. The molecule has 0 fully saturated rings. The fourth-order valence-corrected chi connectivity index (χ4v) is 2.16. The molecule has 0 aliphatic heterocycles. The average Bonchev–Trinajstić information content (AvgIpc) is 2.19. The van der Waals surface area contributed by atoms with Crippen LogP contribution in [0.15, 0.2) is 12.1 Å². The van der Waals surface area contributed by atoms with E-state index in [2.05, 4.69) is 46.8 Å². The van der Waals surface area contributed by atoms with Gasteiger partial charge in [0.1, 0.15) is 5.75 Å². The van der Waals surface area contributed by atoms with Crippen LogP contribution in [0.2, 0.25) is 0 Å². The van der Waals surface area contributed by atoms with Crippen molar-refractivity contribution in [3.05, 3.63) is 28.8 Å². The van der Waals surface area contributed by atoms with Gasteiger partial charge in [0.25, 0.3) is 0 Å². The second-order valence-electron chi connectivity index (χ2n) is 5.98. The van der Waals surface area contributed by atoms with Crippen molar-refractivity contribution in [2.75, 3.05) is 6.54 Å². The summed E-state index contributed by atoms with van der Waals surface area (Å²) < 4.78 is 0. The Bertz CT molecular complexity index is 391. The summed E-state index contributed by atoms with van der Waals surface area (Å²) in [5.41, 5.74) is 8.82. The molecule has 17 heavy (non-hydrogen) atoms. The van der Waals surface area contributed by atoms with Gasteiger partial charge < -0.3 is 10.8 Å². The van der Waals surface area contributed by atoms with Crippen LogP contribution in [-0.2, 0) is 5.41 Å². The highest BCUT2D eigenvalue weighted by Crippen LogP contribution is 2.38. The van der Waals surface area contributed by atoms with Crippen LogP contribution in [0.1, 0.15) is 56.7 Å². The molecule has 2 heteroatoms. The number of aromatic hydroxyl groups is 1. The first-order valence-electron chi connectivity index (χ1n) is 6.31. The summed E-state index contributed by atoms with van der Waals surface area (Å²) in [5, 5.41) is 10.4. The van der Waals surface area contributed by atoms with Gasteiger partial charge in [0, 0.05) is 0 Å². The maximum absolute atomic E-state index is 10.4. The Labute approximate surface area is 105 Å². The van der Waals surface area contributed by atoms with Gasteiger partial charge in [-0.15, -0.1) is 0 Å². The summed E-state index contributed by atoms with van der Waals surface area (Å²) >= 11 is 0. The van der Waals surface area contributed by atoms with Crippen LogP contribution in [-0.4, -0.2) is 11.7 Å². The molecule has 0 radical (unpaired) electrons. The highest BCUT2D eigenvalue weighted by Gasteiger charge is 2.22. The molecule has 1 atom stereocenters. The van der Waals surface area contributed by atoms with E-state index < -0.39 is 0 Å². The first kappa shape index (κ1) is 14.0. The lowest BCUT2D eigenvalue weighted by Crippen LogP contribution is -2.13. The monoisotopic (exact) mass is 235 g/mol. The largest absolute Gasteiger partial charge is 0.507 e. The van der Waals surface area contributed by atoms with Crippen LogP contribution in [0.25, 0.3) is 0 Å². The molecule has 0 aromatic heterocycles. The number of hydrogen-bond acceptors (Lipinski definition) is 2. The van der Waals surface area contributed by atoms with Crippen molar-refractivity contribution in [1.29, 1.82) is 0 Å². The molecule has 2 nitrogen and oxygen atoms in total. The molecule has 1 rings (SSSR count). The lowest BCUT2D eigenvalue weighted by atomic mass is 9.82. The van der Waals surface area contributed by atoms with Crippen LogP contribution in [0, 0.1) is 6.92 Å². The lowest BCUT2D eigenvalue weighted by Gasteiger charge is -2.24. The number of aryl methyl sites for hydroxylation is 1. The van der Waals surface area contributed by atoms with Crippen molar-refractivity contribution in [3.8, 4) is 5.75 Å². The summed E-state index contributed by atoms with van der Waals surface area (Å²) in [7, 11) is 0. The smallest absolute Gasteiger partial charge is 0.122 e. The summed E-state index contributed by atoms with van der Waals surface area (Å²) in [4.78, 5) is 0. The van der Waals surface area contributed by atoms with Crippen molar-refractivity contribution < 1.29 is 5.11 Å². The van der Waals surface area contributed by atoms with Gasteiger partial charge in [0.05, 0.1) is 0 Å². The zero-order valence-corrected chi connectivity index (χ0v) is 11.7. The van der Waals surface area contributed by atoms with Crippen molar-refractivity contribution in [2.24, 2.45) is 5.73 Å². The van der Waals surface area contributed by atoms with Gasteiger partial charge in [0.15, 0.2) is 0 Å². The maximum Gasteiger partial charge on any atom is 0.122 e. The molecule has 96 valence electrons. The molecule has 0 aliphatic rings. The Morgan fingerprint density at radius 3 is 2.35 bits per heavy atom. The number of rotatable bonds is 3. The number of phenolic OH excluding ortho intramolecular Hbond substituents is 1. The summed E-state index contributed by atoms with van der Waals surface area (Å²) in [6.45, 7) is 11.2. The molecular weight excluding hydrogens is 210 g/mol. The number of benzene rings is 1. The van der Waals surface area contributed by atoms with Crippen LogP contribution >= 0.6 is 0 Å². The quantitative estimate of drug-likeness (QED) is 0.843. The van der Waals surface area contributed by atoms with Crippen LogP contribution in [0.3, 0.4) is 0 Å². The number of hydrogen-bond donors (Lipinski definition) is 2. The Hall–Kier alpha value is -1.02. The van der Waals surface area contributed by atoms with E-state index in [9.17, 15) is 5.11 Å². The highest BCUT2D eigenvalue weighted by molar-refractivity contribution is 5.48. The zero-order chi connectivity index (χ0) is 13.2. The van der Waals surface area contributed by atoms with E-state index in [0.717, 1.165) is 17.5 Å². The SMILES string of the molecule is Cc1cc(C(C)CCN)c(O)c(C(C)(C)C)c1. The molecule has 0 bridgehead atoms. The molecule has 0 aliphatic carbocycles. The van der Waals surface area contributed by atoms with Gasteiger partial charge >= 0.3 is 0 Å². The predicted molar refractivity (Wildman–Crippen MR) is 73.6 cm³/mol. The van der Waals surface area contributed by atoms with Gasteiger partial charge in [0.2, 0.25) is 0 Å². The van der Waals surface area contributed by atoms with Crippen molar-refractivity contribution in [3.63, 3.8) is 0 Å². The molecule has 3 N–H and O–H groups in total. The van der Waals surface area contributed by atoms with Gasteiger partial charge in [-0.3, -0.25) is 0 Å². The molecular formula is C15H25NO. The van der Waals surface area contributed by atoms with Crippen LogP contribution in [0.4, 0.5) is 0 Å². The second-order valence-corrected chi connectivity index (χ2v) is 5.98. The minimum absolute atomic E-state index is 0.0344. The molecule has 1 aromatic rings. The molecule has 0 heterocycles. The fourth-order valence-electron chi connectivity index (χ4n) is 2.16. The van der Waals surface area contributed by atoms with E-state index in [1.807, 2.05) is 0 Å². The average molecular weight is 235 g/mol. The highest BCUT2D eigenvalue weighted by atomic mass is 16.3. The molecule has 0 saturated heterocycles. The number of phenols is 1. The molecule has 0 amide bonds. The Morgan fingerprint density at radius 2 is 1.88 bits per heavy atom. The third kappa shape index (κ3) is 3.22.